The van der Waals surface area contributed by atoms with Gasteiger partial charge in [-0.25, -0.2) is 9.37 Å². The van der Waals surface area contributed by atoms with Crippen LogP contribution in [0.2, 0.25) is 0 Å². The van der Waals surface area contributed by atoms with Gasteiger partial charge in [-0.3, -0.25) is 4.79 Å². The van der Waals surface area contributed by atoms with Gasteiger partial charge in [0.1, 0.15) is 5.82 Å². The normalized spacial score (nSPS) is 14.2. The fourth-order valence-electron chi connectivity index (χ4n) is 2.50. The first-order valence-electron chi connectivity index (χ1n) is 8.03. The minimum Gasteiger partial charge on any atom is -0.468 e. The van der Waals surface area contributed by atoms with Crippen molar-refractivity contribution < 1.29 is 27.1 Å². The van der Waals surface area contributed by atoms with Crippen molar-refractivity contribution in [1.29, 1.82) is 0 Å². The van der Waals surface area contributed by atoms with Gasteiger partial charge >= 0.3 is 6.18 Å². The van der Waals surface area contributed by atoms with E-state index in [4.69, 9.17) is 0 Å². The van der Waals surface area contributed by atoms with Crippen molar-refractivity contribution in [1.82, 2.24) is 9.88 Å². The van der Waals surface area contributed by atoms with E-state index in [0.717, 1.165) is 12.8 Å². The maximum Gasteiger partial charge on any atom is 0.422 e. The number of aromatic nitrogens is 1. The highest BCUT2D eigenvalue weighted by Crippen LogP contribution is 2.30. The topological polar surface area (TPSA) is 42.4 Å². The van der Waals surface area contributed by atoms with Crippen LogP contribution < -0.4 is 4.74 Å². The molecule has 1 aromatic carbocycles. The van der Waals surface area contributed by atoms with Crippen LogP contribution in [0.3, 0.4) is 0 Å². The Labute approximate surface area is 147 Å². The third-order valence-corrected chi connectivity index (χ3v) is 3.86. The Balaban J connectivity index is 1.69. The number of hydrogen-bond acceptors (Lipinski definition) is 3. The molecule has 0 saturated heterocycles. The lowest BCUT2D eigenvalue weighted by Crippen LogP contribution is -2.32. The van der Waals surface area contributed by atoms with E-state index in [1.807, 2.05) is 0 Å². The minimum absolute atomic E-state index is 0.0759. The number of ether oxygens (including phenoxy) is 1. The highest BCUT2D eigenvalue weighted by molar-refractivity contribution is 5.94. The molecule has 1 heterocycles. The molecule has 0 N–H and O–H groups in total. The minimum atomic E-state index is -4.45. The summed E-state index contributed by atoms with van der Waals surface area (Å²) in [7, 11) is 0. The Kier molecular flexibility index (Phi) is 5.11. The van der Waals surface area contributed by atoms with Gasteiger partial charge in [0.15, 0.2) is 6.61 Å². The summed E-state index contributed by atoms with van der Waals surface area (Å²) in [6.45, 7) is -1.19. The molecular weight excluding hydrogens is 352 g/mol. The molecule has 1 fully saturated rings. The summed E-state index contributed by atoms with van der Waals surface area (Å²) >= 11 is 0. The number of pyridine rings is 1. The van der Waals surface area contributed by atoms with Gasteiger partial charge in [0.25, 0.3) is 5.91 Å². The molecule has 1 aromatic heterocycles. The molecule has 138 valence electrons. The van der Waals surface area contributed by atoms with E-state index in [1.165, 1.54) is 30.5 Å². The van der Waals surface area contributed by atoms with Crippen LogP contribution in [0.25, 0.3) is 0 Å². The second-order valence-corrected chi connectivity index (χ2v) is 6.08. The smallest absolute Gasteiger partial charge is 0.422 e. The van der Waals surface area contributed by atoms with E-state index < -0.39 is 12.8 Å². The van der Waals surface area contributed by atoms with E-state index in [2.05, 4.69) is 9.72 Å². The van der Waals surface area contributed by atoms with Crippen LogP contribution in [0.1, 0.15) is 28.8 Å². The molecule has 0 bridgehead atoms. The Morgan fingerprint density at radius 3 is 2.58 bits per heavy atom. The Morgan fingerprint density at radius 1 is 1.23 bits per heavy atom. The first kappa shape index (κ1) is 18.2. The van der Waals surface area contributed by atoms with Gasteiger partial charge in [-0.2, -0.15) is 13.2 Å². The Hall–Kier alpha value is -2.64. The number of nitrogens with zero attached hydrogens (tertiary/aromatic N) is 2. The summed E-state index contributed by atoms with van der Waals surface area (Å²) in [6, 6.07) is 8.69. The number of halogens is 4. The van der Waals surface area contributed by atoms with Gasteiger partial charge in [-0.15, -0.1) is 0 Å². The van der Waals surface area contributed by atoms with Crippen molar-refractivity contribution in [2.45, 2.75) is 31.6 Å². The molecule has 4 nitrogen and oxygen atoms in total. The van der Waals surface area contributed by atoms with Crippen molar-refractivity contribution >= 4 is 5.91 Å². The summed E-state index contributed by atoms with van der Waals surface area (Å²) in [5.41, 5.74) is 0.913. The van der Waals surface area contributed by atoms with Crippen molar-refractivity contribution in [3.05, 3.63) is 59.5 Å². The lowest BCUT2D eigenvalue weighted by atomic mass is 10.1. The van der Waals surface area contributed by atoms with Crippen molar-refractivity contribution in [3.8, 4) is 5.88 Å². The molecule has 0 unspecified atom stereocenters. The fourth-order valence-corrected chi connectivity index (χ4v) is 2.50. The molecule has 0 atom stereocenters. The summed E-state index contributed by atoms with van der Waals surface area (Å²) in [4.78, 5) is 18.1. The van der Waals surface area contributed by atoms with E-state index in [1.54, 1.807) is 17.0 Å². The number of benzene rings is 1. The molecular formula is C18H16F4N2O2. The highest BCUT2D eigenvalue weighted by atomic mass is 19.4. The first-order valence-corrected chi connectivity index (χ1v) is 8.03. The Morgan fingerprint density at radius 2 is 2.00 bits per heavy atom. The van der Waals surface area contributed by atoms with E-state index in [9.17, 15) is 22.4 Å². The van der Waals surface area contributed by atoms with Crippen LogP contribution in [0, 0.1) is 5.82 Å². The standard InChI is InChI=1S/C18H16F4N2O2/c19-14-3-1-2-12(8-14)10-24(15-5-6-15)17(25)13-4-7-16(23-9-13)26-11-18(20,21)22/h1-4,7-9,15H,5-6,10-11H2. The molecule has 2 aromatic rings. The van der Waals surface area contributed by atoms with Gasteiger partial charge in [-0.05, 0) is 36.6 Å². The number of rotatable bonds is 6. The second-order valence-electron chi connectivity index (χ2n) is 6.08. The first-order chi connectivity index (χ1) is 12.3. The van der Waals surface area contributed by atoms with E-state index in [0.29, 0.717) is 5.56 Å². The molecule has 26 heavy (non-hydrogen) atoms. The van der Waals surface area contributed by atoms with Gasteiger partial charge in [0.05, 0.1) is 5.56 Å². The monoisotopic (exact) mass is 368 g/mol. The third kappa shape index (κ3) is 4.93. The van der Waals surface area contributed by atoms with Crippen LogP contribution in [-0.4, -0.2) is 34.6 Å². The van der Waals surface area contributed by atoms with Crippen molar-refractivity contribution in [3.63, 3.8) is 0 Å². The van der Waals surface area contributed by atoms with Gasteiger partial charge in [-0.1, -0.05) is 12.1 Å². The average Bonchev–Trinajstić information content (AvgIpc) is 3.42. The zero-order valence-electron chi connectivity index (χ0n) is 13.7. The molecule has 0 radical (unpaired) electrons. The van der Waals surface area contributed by atoms with Crippen molar-refractivity contribution in [2.75, 3.05) is 6.61 Å². The maximum absolute atomic E-state index is 13.4. The van der Waals surface area contributed by atoms with Gasteiger partial charge < -0.3 is 9.64 Å². The molecule has 1 saturated carbocycles. The third-order valence-electron chi connectivity index (χ3n) is 3.86. The van der Waals surface area contributed by atoms with Gasteiger partial charge in [0.2, 0.25) is 5.88 Å². The zero-order chi connectivity index (χ0) is 18.7. The second kappa shape index (κ2) is 7.31. The molecule has 1 amide bonds. The zero-order valence-corrected chi connectivity index (χ0v) is 13.7. The number of amides is 1. The van der Waals surface area contributed by atoms with Crippen LogP contribution in [-0.2, 0) is 6.54 Å². The summed E-state index contributed by atoms with van der Waals surface area (Å²) in [5.74, 6) is -0.882. The van der Waals surface area contributed by atoms with Crippen LogP contribution >= 0.6 is 0 Å². The predicted molar refractivity (Wildman–Crippen MR) is 85.1 cm³/mol. The number of carbonyl (C=O) groups excluding carboxylic acids is 1. The summed E-state index contributed by atoms with van der Waals surface area (Å²) < 4.78 is 54.3. The SMILES string of the molecule is O=C(c1ccc(OCC(F)(F)F)nc1)N(Cc1cccc(F)c1)C1CC1. The molecule has 3 rings (SSSR count). The largest absolute Gasteiger partial charge is 0.468 e. The number of alkyl halides is 3. The summed E-state index contributed by atoms with van der Waals surface area (Å²) in [5, 5.41) is 0. The lowest BCUT2D eigenvalue weighted by Gasteiger charge is -2.22. The van der Waals surface area contributed by atoms with Gasteiger partial charge in [0, 0.05) is 24.8 Å². The van der Waals surface area contributed by atoms with Crippen LogP contribution in [0.4, 0.5) is 17.6 Å². The average molecular weight is 368 g/mol. The molecule has 1 aliphatic rings. The number of carbonyl (C=O) groups is 1. The molecule has 0 aliphatic heterocycles. The highest BCUT2D eigenvalue weighted by Gasteiger charge is 2.33. The quantitative estimate of drug-likeness (QED) is 0.725. The molecule has 1 aliphatic carbocycles. The van der Waals surface area contributed by atoms with Crippen molar-refractivity contribution in [2.24, 2.45) is 0 Å². The fraction of sp³-hybridized carbons (Fsp3) is 0.333. The maximum atomic E-state index is 13.4. The predicted octanol–water partition coefficient (Wildman–Crippen LogP) is 3.97. The van der Waals surface area contributed by atoms with Crippen LogP contribution in [0.5, 0.6) is 5.88 Å². The molecule has 0 spiro atoms. The number of hydrogen-bond donors (Lipinski definition) is 0. The van der Waals surface area contributed by atoms with E-state index in [-0.39, 0.29) is 35.8 Å². The molecule has 8 heteroatoms. The Bertz CT molecular complexity index is 774. The van der Waals surface area contributed by atoms with Crippen LogP contribution in [0.15, 0.2) is 42.6 Å². The summed E-state index contributed by atoms with van der Waals surface area (Å²) in [6.07, 6.45) is -1.54. The lowest BCUT2D eigenvalue weighted by molar-refractivity contribution is -0.154. The van der Waals surface area contributed by atoms with E-state index >= 15 is 0 Å².